The standard InChI is InChI=1S/C26H30N6O2/c1-18-23(19(2)32-26(29-18)21(16-27)17-28-32)9-11-25(34)31-14-12-22(13-15-31)30-24(33)10-8-20-6-4-3-5-7-20/h3-7,17,22H,8-15H2,1-2H3,(H,30,33). The Morgan fingerprint density at radius 2 is 1.85 bits per heavy atom. The lowest BCUT2D eigenvalue weighted by atomic mass is 10.0. The van der Waals surface area contributed by atoms with Gasteiger partial charge in [0.25, 0.3) is 0 Å². The second-order valence-electron chi connectivity index (χ2n) is 8.87. The lowest BCUT2D eigenvalue weighted by Gasteiger charge is -2.32. The fraction of sp³-hybridized carbons (Fsp3) is 0.423. The zero-order valence-electron chi connectivity index (χ0n) is 19.8. The minimum absolute atomic E-state index is 0.0700. The van der Waals surface area contributed by atoms with Gasteiger partial charge in [-0.3, -0.25) is 9.59 Å². The predicted octanol–water partition coefficient (Wildman–Crippen LogP) is 2.89. The van der Waals surface area contributed by atoms with Crippen molar-refractivity contribution in [3.63, 3.8) is 0 Å². The topological polar surface area (TPSA) is 103 Å². The third-order valence-electron chi connectivity index (χ3n) is 6.61. The predicted molar refractivity (Wildman–Crippen MR) is 128 cm³/mol. The van der Waals surface area contributed by atoms with E-state index in [-0.39, 0.29) is 17.9 Å². The van der Waals surface area contributed by atoms with Crippen molar-refractivity contribution >= 4 is 17.5 Å². The lowest BCUT2D eigenvalue weighted by Crippen LogP contribution is -2.46. The van der Waals surface area contributed by atoms with Gasteiger partial charge >= 0.3 is 0 Å². The first-order chi connectivity index (χ1) is 16.5. The second-order valence-corrected chi connectivity index (χ2v) is 8.87. The minimum atomic E-state index is 0.0700. The van der Waals surface area contributed by atoms with Crippen LogP contribution >= 0.6 is 0 Å². The maximum Gasteiger partial charge on any atom is 0.222 e. The van der Waals surface area contributed by atoms with Crippen molar-refractivity contribution in [2.75, 3.05) is 13.1 Å². The Kier molecular flexibility index (Phi) is 7.21. The van der Waals surface area contributed by atoms with Crippen LogP contribution in [-0.4, -0.2) is 50.4 Å². The number of nitrogens with one attached hydrogen (secondary N) is 1. The number of nitriles is 1. The van der Waals surface area contributed by atoms with Crippen molar-refractivity contribution in [2.24, 2.45) is 0 Å². The Labute approximate surface area is 199 Å². The number of rotatable bonds is 7. The first kappa shape index (κ1) is 23.4. The van der Waals surface area contributed by atoms with Crippen LogP contribution in [0.5, 0.6) is 0 Å². The molecule has 176 valence electrons. The molecule has 1 fully saturated rings. The van der Waals surface area contributed by atoms with Gasteiger partial charge < -0.3 is 10.2 Å². The smallest absolute Gasteiger partial charge is 0.222 e. The number of carbonyl (C=O) groups is 2. The number of benzene rings is 1. The highest BCUT2D eigenvalue weighted by molar-refractivity contribution is 5.77. The molecule has 1 aliphatic heterocycles. The number of aryl methyl sites for hydroxylation is 3. The molecule has 8 nitrogen and oxygen atoms in total. The van der Waals surface area contributed by atoms with Crippen molar-refractivity contribution in [2.45, 2.75) is 58.4 Å². The summed E-state index contributed by atoms with van der Waals surface area (Å²) in [6, 6.07) is 12.3. The highest BCUT2D eigenvalue weighted by Crippen LogP contribution is 2.19. The third kappa shape index (κ3) is 5.25. The number of aromatic nitrogens is 3. The molecule has 3 heterocycles. The quantitative estimate of drug-likeness (QED) is 0.586. The van der Waals surface area contributed by atoms with Crippen LogP contribution in [0.4, 0.5) is 0 Å². The van der Waals surface area contributed by atoms with Crippen LogP contribution in [0.25, 0.3) is 5.65 Å². The Hall–Kier alpha value is -3.73. The van der Waals surface area contributed by atoms with E-state index in [4.69, 9.17) is 0 Å². The van der Waals surface area contributed by atoms with Gasteiger partial charge in [0.05, 0.1) is 6.20 Å². The molecular weight excluding hydrogens is 428 g/mol. The van der Waals surface area contributed by atoms with E-state index < -0.39 is 0 Å². The summed E-state index contributed by atoms with van der Waals surface area (Å²) < 4.78 is 1.68. The normalized spacial score (nSPS) is 14.2. The monoisotopic (exact) mass is 458 g/mol. The van der Waals surface area contributed by atoms with Crippen LogP contribution in [-0.2, 0) is 22.4 Å². The van der Waals surface area contributed by atoms with Crippen LogP contribution in [0.3, 0.4) is 0 Å². The second kappa shape index (κ2) is 10.5. The third-order valence-corrected chi connectivity index (χ3v) is 6.61. The van der Waals surface area contributed by atoms with Gasteiger partial charge in [-0.2, -0.15) is 10.4 Å². The van der Waals surface area contributed by atoms with E-state index in [1.165, 1.54) is 6.20 Å². The van der Waals surface area contributed by atoms with Crippen molar-refractivity contribution in [1.29, 1.82) is 5.26 Å². The fourth-order valence-corrected chi connectivity index (χ4v) is 4.62. The van der Waals surface area contributed by atoms with E-state index in [0.29, 0.717) is 43.6 Å². The number of piperidine rings is 1. The molecule has 0 aliphatic carbocycles. The van der Waals surface area contributed by atoms with Crippen LogP contribution < -0.4 is 5.32 Å². The van der Waals surface area contributed by atoms with Crippen molar-refractivity contribution in [3.05, 3.63) is 64.6 Å². The summed E-state index contributed by atoms with van der Waals surface area (Å²) in [7, 11) is 0. The van der Waals surface area contributed by atoms with Crippen molar-refractivity contribution in [1.82, 2.24) is 24.8 Å². The van der Waals surface area contributed by atoms with Crippen LogP contribution in [0.15, 0.2) is 36.5 Å². The largest absolute Gasteiger partial charge is 0.353 e. The summed E-state index contributed by atoms with van der Waals surface area (Å²) in [6.07, 6.45) is 5.27. The summed E-state index contributed by atoms with van der Waals surface area (Å²) in [5, 5.41) is 16.6. The van der Waals surface area contributed by atoms with E-state index in [1.54, 1.807) is 4.52 Å². The van der Waals surface area contributed by atoms with Crippen molar-refractivity contribution < 1.29 is 9.59 Å². The highest BCUT2D eigenvalue weighted by Gasteiger charge is 2.24. The maximum atomic E-state index is 12.8. The Bertz CT molecular complexity index is 1220. The minimum Gasteiger partial charge on any atom is -0.353 e. The van der Waals surface area contributed by atoms with Gasteiger partial charge in [0, 0.05) is 43.4 Å². The van der Waals surface area contributed by atoms with Gasteiger partial charge in [-0.05, 0) is 50.7 Å². The number of fused-ring (bicyclic) bond motifs is 1. The van der Waals surface area contributed by atoms with Gasteiger partial charge in [-0.15, -0.1) is 0 Å². The number of likely N-dealkylation sites (tertiary alicyclic amines) is 1. The molecule has 1 aliphatic rings. The molecule has 0 radical (unpaired) electrons. The number of nitrogens with zero attached hydrogens (tertiary/aromatic N) is 5. The molecule has 34 heavy (non-hydrogen) atoms. The van der Waals surface area contributed by atoms with Gasteiger partial charge in [-0.25, -0.2) is 9.50 Å². The van der Waals surface area contributed by atoms with E-state index in [0.717, 1.165) is 41.8 Å². The molecule has 3 aromatic rings. The van der Waals surface area contributed by atoms with Gasteiger partial charge in [-0.1, -0.05) is 30.3 Å². The van der Waals surface area contributed by atoms with E-state index in [1.807, 2.05) is 49.1 Å². The number of hydrogen-bond acceptors (Lipinski definition) is 5. The zero-order chi connectivity index (χ0) is 24.1. The molecule has 1 saturated heterocycles. The van der Waals surface area contributed by atoms with E-state index in [9.17, 15) is 14.9 Å². The summed E-state index contributed by atoms with van der Waals surface area (Å²) in [4.78, 5) is 31.6. The Balaban J connectivity index is 1.25. The molecule has 2 aromatic heterocycles. The lowest BCUT2D eigenvalue weighted by molar-refractivity contribution is -0.132. The van der Waals surface area contributed by atoms with Crippen LogP contribution in [0.1, 0.15) is 53.8 Å². The average Bonchev–Trinajstić information content (AvgIpc) is 3.26. The van der Waals surface area contributed by atoms with Crippen LogP contribution in [0.2, 0.25) is 0 Å². The first-order valence-electron chi connectivity index (χ1n) is 11.8. The zero-order valence-corrected chi connectivity index (χ0v) is 19.8. The molecule has 2 amide bonds. The Morgan fingerprint density at radius 1 is 1.12 bits per heavy atom. The molecule has 0 unspecified atom stereocenters. The molecule has 0 bridgehead atoms. The summed E-state index contributed by atoms with van der Waals surface area (Å²) in [5.41, 5.74) is 4.90. The first-order valence-corrected chi connectivity index (χ1v) is 11.8. The average molecular weight is 459 g/mol. The number of carbonyl (C=O) groups excluding carboxylic acids is 2. The van der Waals surface area contributed by atoms with Crippen molar-refractivity contribution in [3.8, 4) is 6.07 Å². The number of hydrogen-bond donors (Lipinski definition) is 1. The van der Waals surface area contributed by atoms with E-state index in [2.05, 4.69) is 21.5 Å². The SMILES string of the molecule is Cc1nc2c(C#N)cnn2c(C)c1CCC(=O)N1CCC(NC(=O)CCc2ccccc2)CC1. The number of amides is 2. The summed E-state index contributed by atoms with van der Waals surface area (Å²) >= 11 is 0. The molecule has 1 N–H and O–H groups in total. The van der Waals surface area contributed by atoms with Gasteiger partial charge in [0.2, 0.25) is 11.8 Å². The molecule has 1 aromatic carbocycles. The van der Waals surface area contributed by atoms with Crippen LogP contribution in [0, 0.1) is 25.2 Å². The molecule has 0 atom stereocenters. The summed E-state index contributed by atoms with van der Waals surface area (Å²) in [6.45, 7) is 5.17. The maximum absolute atomic E-state index is 12.8. The highest BCUT2D eigenvalue weighted by atomic mass is 16.2. The molecular formula is C26H30N6O2. The molecule has 4 rings (SSSR count). The Morgan fingerprint density at radius 3 is 2.56 bits per heavy atom. The molecule has 0 spiro atoms. The summed E-state index contributed by atoms with van der Waals surface area (Å²) in [5.74, 6) is 0.187. The van der Waals surface area contributed by atoms with E-state index >= 15 is 0 Å². The molecule has 0 saturated carbocycles. The van der Waals surface area contributed by atoms with Gasteiger partial charge in [0.15, 0.2) is 5.65 Å². The fourth-order valence-electron chi connectivity index (χ4n) is 4.62. The molecule has 8 heteroatoms. The van der Waals surface area contributed by atoms with Gasteiger partial charge in [0.1, 0.15) is 11.6 Å².